The topological polar surface area (TPSA) is 20.2 Å². The van der Waals surface area contributed by atoms with Crippen molar-refractivity contribution in [1.82, 2.24) is 0 Å². The fraction of sp³-hybridized carbons (Fsp3) is 0.333. The van der Waals surface area contributed by atoms with Crippen LogP contribution in [0.25, 0.3) is 0 Å². The zero-order valence-corrected chi connectivity index (χ0v) is 12.0. The largest absolute Gasteiger partial charge is 0.507 e. The number of aromatic hydroxyl groups is 1. The average molecular weight is 373 g/mol. The molecule has 0 aromatic heterocycles. The molecule has 0 atom stereocenters. The van der Waals surface area contributed by atoms with E-state index in [0.717, 1.165) is 31.0 Å². The molecule has 0 spiro atoms. The first kappa shape index (κ1) is 11.5. The van der Waals surface area contributed by atoms with Crippen molar-refractivity contribution >= 4 is 47.8 Å². The summed E-state index contributed by atoms with van der Waals surface area (Å²) in [7, 11) is 0. The van der Waals surface area contributed by atoms with Crippen LogP contribution in [0.2, 0.25) is 0 Å². The Balaban J connectivity index is 3.56. The lowest BCUT2D eigenvalue weighted by molar-refractivity contribution is 0.465. The fourth-order valence-electron chi connectivity index (χ4n) is 1.16. The highest BCUT2D eigenvalue weighted by Crippen LogP contribution is 2.39. The second kappa shape index (κ2) is 4.32. The normalized spacial score (nSPS) is 10.5. The molecule has 0 aliphatic carbocycles. The Bertz CT molecular complexity index is 318. The minimum absolute atomic E-state index is 0.350. The third-order valence-electron chi connectivity index (χ3n) is 2.03. The van der Waals surface area contributed by atoms with E-state index in [9.17, 15) is 5.11 Å². The van der Waals surface area contributed by atoms with E-state index in [4.69, 9.17) is 0 Å². The number of halogens is 3. The van der Waals surface area contributed by atoms with Crippen molar-refractivity contribution in [2.24, 2.45) is 0 Å². The summed E-state index contributed by atoms with van der Waals surface area (Å²) in [5.41, 5.74) is 2.90. The van der Waals surface area contributed by atoms with Gasteiger partial charge in [-0.15, -0.1) is 0 Å². The molecule has 0 saturated heterocycles. The third-order valence-corrected chi connectivity index (χ3v) is 4.74. The number of alkyl halides is 1. The summed E-state index contributed by atoms with van der Waals surface area (Å²) >= 11 is 10.3. The van der Waals surface area contributed by atoms with Gasteiger partial charge in [0.2, 0.25) is 0 Å². The molecule has 0 amide bonds. The van der Waals surface area contributed by atoms with Crippen molar-refractivity contribution in [1.29, 1.82) is 0 Å². The molecule has 1 N–H and O–H groups in total. The van der Waals surface area contributed by atoms with Gasteiger partial charge in [-0.05, 0) is 19.4 Å². The van der Waals surface area contributed by atoms with E-state index in [0.29, 0.717) is 5.75 Å². The molecule has 0 bridgehead atoms. The minimum atomic E-state index is 0.350. The lowest BCUT2D eigenvalue weighted by Gasteiger charge is -2.13. The minimum Gasteiger partial charge on any atom is -0.507 e. The van der Waals surface area contributed by atoms with E-state index < -0.39 is 0 Å². The second-order valence-corrected chi connectivity index (χ2v) is 4.99. The van der Waals surface area contributed by atoms with E-state index in [1.165, 1.54) is 0 Å². The molecule has 1 rings (SSSR count). The van der Waals surface area contributed by atoms with Crippen molar-refractivity contribution in [3.05, 3.63) is 25.6 Å². The Morgan fingerprint density at radius 2 is 1.46 bits per heavy atom. The van der Waals surface area contributed by atoms with Crippen molar-refractivity contribution in [3.63, 3.8) is 0 Å². The molecule has 0 fully saturated rings. The number of hydrogen-bond acceptors (Lipinski definition) is 1. The Morgan fingerprint density at radius 1 is 1.08 bits per heavy atom. The van der Waals surface area contributed by atoms with Crippen molar-refractivity contribution in [3.8, 4) is 5.75 Å². The summed E-state index contributed by atoms with van der Waals surface area (Å²) in [6, 6.07) is 0. The monoisotopic (exact) mass is 370 g/mol. The van der Waals surface area contributed by atoms with E-state index in [1.807, 2.05) is 13.8 Å². The summed E-state index contributed by atoms with van der Waals surface area (Å²) in [4.78, 5) is 0. The summed E-state index contributed by atoms with van der Waals surface area (Å²) in [5, 5.41) is 10.5. The molecule has 1 aromatic carbocycles. The van der Waals surface area contributed by atoms with Crippen LogP contribution >= 0.6 is 47.8 Å². The zero-order valence-electron chi connectivity index (χ0n) is 7.29. The summed E-state index contributed by atoms with van der Waals surface area (Å²) in [6.45, 7) is 3.79. The van der Waals surface area contributed by atoms with Gasteiger partial charge >= 0.3 is 0 Å². The number of rotatable bonds is 1. The Labute approximate surface area is 103 Å². The Hall–Kier alpha value is 0.460. The lowest BCUT2D eigenvalue weighted by Crippen LogP contribution is -1.92. The maximum absolute atomic E-state index is 9.71. The molecular formula is C9H9Br3O. The van der Waals surface area contributed by atoms with Gasteiger partial charge in [0.15, 0.2) is 0 Å². The van der Waals surface area contributed by atoms with Crippen LogP contribution in [0, 0.1) is 13.8 Å². The fourth-order valence-corrected chi connectivity index (χ4v) is 3.79. The first-order valence-corrected chi connectivity index (χ1v) is 6.43. The maximum Gasteiger partial charge on any atom is 0.123 e. The molecule has 1 aromatic rings. The van der Waals surface area contributed by atoms with Crippen molar-refractivity contribution < 1.29 is 5.11 Å². The standard InChI is InChI=1S/C9H9Br3O/c1-4-7(11)6(3-10)8(12)5(2)9(4)13/h13H,3H2,1-2H3. The van der Waals surface area contributed by atoms with Gasteiger partial charge in [0.1, 0.15) is 5.75 Å². The van der Waals surface area contributed by atoms with E-state index in [-0.39, 0.29) is 0 Å². The molecule has 0 aliphatic heterocycles. The predicted molar refractivity (Wildman–Crippen MR) is 65.6 cm³/mol. The number of benzene rings is 1. The van der Waals surface area contributed by atoms with Gasteiger partial charge in [-0.25, -0.2) is 0 Å². The van der Waals surface area contributed by atoms with Crippen LogP contribution in [0.1, 0.15) is 16.7 Å². The van der Waals surface area contributed by atoms with Crippen molar-refractivity contribution in [2.45, 2.75) is 19.2 Å². The highest BCUT2D eigenvalue weighted by Gasteiger charge is 2.14. The van der Waals surface area contributed by atoms with Crippen LogP contribution in [-0.4, -0.2) is 5.11 Å². The SMILES string of the molecule is Cc1c(O)c(C)c(Br)c(CBr)c1Br. The van der Waals surface area contributed by atoms with Crippen molar-refractivity contribution in [2.75, 3.05) is 0 Å². The molecule has 1 nitrogen and oxygen atoms in total. The molecule has 0 aliphatic rings. The zero-order chi connectivity index (χ0) is 10.2. The van der Waals surface area contributed by atoms with Crippen LogP contribution in [0.3, 0.4) is 0 Å². The van der Waals surface area contributed by atoms with Crippen LogP contribution in [-0.2, 0) is 5.33 Å². The van der Waals surface area contributed by atoms with E-state index in [2.05, 4.69) is 47.8 Å². The highest BCUT2D eigenvalue weighted by molar-refractivity contribution is 9.11. The first-order valence-electron chi connectivity index (χ1n) is 3.72. The summed E-state index contributed by atoms with van der Waals surface area (Å²) < 4.78 is 1.92. The molecule has 4 heteroatoms. The van der Waals surface area contributed by atoms with Crippen LogP contribution in [0.4, 0.5) is 0 Å². The summed E-state index contributed by atoms with van der Waals surface area (Å²) in [5.74, 6) is 0.350. The lowest BCUT2D eigenvalue weighted by atomic mass is 10.1. The smallest absolute Gasteiger partial charge is 0.123 e. The molecule has 72 valence electrons. The number of hydrogen-bond donors (Lipinski definition) is 1. The molecular weight excluding hydrogens is 364 g/mol. The summed E-state index contributed by atoms with van der Waals surface area (Å²) in [6.07, 6.45) is 0. The highest BCUT2D eigenvalue weighted by atomic mass is 79.9. The quantitative estimate of drug-likeness (QED) is 0.723. The van der Waals surface area contributed by atoms with Crippen LogP contribution < -0.4 is 0 Å². The number of phenols is 1. The molecule has 0 radical (unpaired) electrons. The second-order valence-electron chi connectivity index (χ2n) is 2.84. The maximum atomic E-state index is 9.71. The van der Waals surface area contributed by atoms with Crippen LogP contribution in [0.5, 0.6) is 5.75 Å². The third kappa shape index (κ3) is 1.95. The van der Waals surface area contributed by atoms with Gasteiger partial charge in [0.25, 0.3) is 0 Å². The Kier molecular flexibility index (Phi) is 3.83. The molecule has 0 unspecified atom stereocenters. The van der Waals surface area contributed by atoms with Gasteiger partial charge in [-0.2, -0.15) is 0 Å². The van der Waals surface area contributed by atoms with Gasteiger partial charge in [0.05, 0.1) is 0 Å². The van der Waals surface area contributed by atoms with Gasteiger partial charge in [-0.3, -0.25) is 0 Å². The molecule has 0 saturated carbocycles. The Morgan fingerprint density at radius 3 is 1.77 bits per heavy atom. The molecule has 13 heavy (non-hydrogen) atoms. The average Bonchev–Trinajstić information content (AvgIpc) is 2.13. The van der Waals surface area contributed by atoms with E-state index in [1.54, 1.807) is 0 Å². The number of phenolic OH excluding ortho intramolecular Hbond substituents is 1. The van der Waals surface area contributed by atoms with Gasteiger partial charge < -0.3 is 5.11 Å². The van der Waals surface area contributed by atoms with E-state index >= 15 is 0 Å². The first-order chi connectivity index (χ1) is 6.00. The predicted octanol–water partition coefficient (Wildman–Crippen LogP) is 4.43. The molecule has 0 heterocycles. The van der Waals surface area contributed by atoms with Crippen LogP contribution in [0.15, 0.2) is 8.95 Å². The van der Waals surface area contributed by atoms with Gasteiger partial charge in [-0.1, -0.05) is 47.8 Å². The van der Waals surface area contributed by atoms with Gasteiger partial charge in [0, 0.05) is 25.4 Å².